The second-order valence-electron chi connectivity index (χ2n) is 9.12. The minimum atomic E-state index is 0.685. The third-order valence-corrected chi connectivity index (χ3v) is 6.60. The smallest absolute Gasteiger partial charge is 0.208 e. The van der Waals surface area contributed by atoms with Gasteiger partial charge >= 0.3 is 0 Å². The van der Waals surface area contributed by atoms with Crippen LogP contribution < -0.4 is 10.2 Å². The number of oxazole rings is 1. The Bertz CT molecular complexity index is 1010. The number of benzene rings is 2. The SMILES string of the molecule is CCCc1oc(CNCCCN2CCN(c3ccc(C)c(C)c3)CC2)nc1-c1ccccc1. The van der Waals surface area contributed by atoms with Crippen molar-refractivity contribution in [2.24, 2.45) is 0 Å². The van der Waals surface area contributed by atoms with Gasteiger partial charge in [0.1, 0.15) is 11.5 Å². The average molecular weight is 447 g/mol. The van der Waals surface area contributed by atoms with Crippen molar-refractivity contribution in [2.45, 2.75) is 46.6 Å². The Morgan fingerprint density at radius 2 is 1.76 bits per heavy atom. The summed E-state index contributed by atoms with van der Waals surface area (Å²) < 4.78 is 6.09. The molecule has 1 aliphatic heterocycles. The zero-order valence-corrected chi connectivity index (χ0v) is 20.4. The molecule has 0 radical (unpaired) electrons. The third kappa shape index (κ3) is 6.24. The molecule has 3 aromatic rings. The first kappa shape index (κ1) is 23.5. The molecule has 0 unspecified atom stereocenters. The van der Waals surface area contributed by atoms with E-state index in [0.29, 0.717) is 6.54 Å². The van der Waals surface area contributed by atoms with Crippen LogP contribution >= 0.6 is 0 Å². The Morgan fingerprint density at radius 3 is 2.48 bits per heavy atom. The highest BCUT2D eigenvalue weighted by atomic mass is 16.4. The molecule has 33 heavy (non-hydrogen) atoms. The predicted molar refractivity (Wildman–Crippen MR) is 137 cm³/mol. The first-order chi connectivity index (χ1) is 16.1. The molecule has 5 nitrogen and oxygen atoms in total. The van der Waals surface area contributed by atoms with Gasteiger partial charge in [0.05, 0.1) is 6.54 Å². The molecule has 5 heteroatoms. The number of aryl methyl sites for hydroxylation is 3. The van der Waals surface area contributed by atoms with Gasteiger partial charge in [0.25, 0.3) is 0 Å². The molecule has 176 valence electrons. The number of rotatable bonds is 10. The summed E-state index contributed by atoms with van der Waals surface area (Å²) in [4.78, 5) is 9.89. The maximum atomic E-state index is 6.09. The van der Waals surface area contributed by atoms with Crippen molar-refractivity contribution in [1.29, 1.82) is 0 Å². The molecule has 4 rings (SSSR count). The fraction of sp³-hybridized carbons (Fsp3) is 0.464. The number of hydrogen-bond acceptors (Lipinski definition) is 5. The van der Waals surface area contributed by atoms with E-state index >= 15 is 0 Å². The molecular formula is C28H38N4O. The fourth-order valence-electron chi connectivity index (χ4n) is 4.47. The molecule has 0 saturated carbocycles. The van der Waals surface area contributed by atoms with Gasteiger partial charge in [-0.25, -0.2) is 4.98 Å². The van der Waals surface area contributed by atoms with E-state index < -0.39 is 0 Å². The van der Waals surface area contributed by atoms with Crippen molar-refractivity contribution in [3.8, 4) is 11.3 Å². The van der Waals surface area contributed by atoms with Crippen LogP contribution in [0.4, 0.5) is 5.69 Å². The lowest BCUT2D eigenvalue weighted by Gasteiger charge is -2.36. The van der Waals surface area contributed by atoms with Crippen LogP contribution in [0.5, 0.6) is 0 Å². The quantitative estimate of drug-likeness (QED) is 0.433. The molecular weight excluding hydrogens is 408 g/mol. The van der Waals surface area contributed by atoms with Gasteiger partial charge in [-0.15, -0.1) is 0 Å². The van der Waals surface area contributed by atoms with Gasteiger partial charge in [-0.3, -0.25) is 4.90 Å². The topological polar surface area (TPSA) is 44.5 Å². The maximum absolute atomic E-state index is 6.09. The molecule has 0 bridgehead atoms. The van der Waals surface area contributed by atoms with Crippen molar-refractivity contribution in [3.05, 3.63) is 71.3 Å². The summed E-state index contributed by atoms with van der Waals surface area (Å²) in [5, 5.41) is 3.53. The lowest BCUT2D eigenvalue weighted by Crippen LogP contribution is -2.47. The van der Waals surface area contributed by atoms with Gasteiger partial charge in [-0.1, -0.05) is 43.3 Å². The van der Waals surface area contributed by atoms with Crippen LogP contribution in [0.3, 0.4) is 0 Å². The average Bonchev–Trinajstić information content (AvgIpc) is 3.24. The number of hydrogen-bond donors (Lipinski definition) is 1. The third-order valence-electron chi connectivity index (χ3n) is 6.60. The second-order valence-corrected chi connectivity index (χ2v) is 9.12. The van der Waals surface area contributed by atoms with Crippen LogP contribution in [0.15, 0.2) is 52.9 Å². The van der Waals surface area contributed by atoms with Crippen molar-refractivity contribution >= 4 is 5.69 Å². The van der Waals surface area contributed by atoms with E-state index in [-0.39, 0.29) is 0 Å². The van der Waals surface area contributed by atoms with Crippen molar-refractivity contribution in [1.82, 2.24) is 15.2 Å². The van der Waals surface area contributed by atoms with E-state index in [1.807, 2.05) is 6.07 Å². The molecule has 1 fully saturated rings. The standard InChI is InChI=1S/C28H38N4O/c1-4-9-26-28(24-10-6-5-7-11-24)30-27(33-26)21-29-14-8-15-31-16-18-32(19-17-31)25-13-12-22(2)23(3)20-25/h5-7,10-13,20,29H,4,8-9,14-19,21H2,1-3H3. The normalized spacial score (nSPS) is 14.7. The van der Waals surface area contributed by atoms with E-state index in [1.54, 1.807) is 0 Å². The van der Waals surface area contributed by atoms with Crippen LogP contribution in [-0.2, 0) is 13.0 Å². The summed E-state index contributed by atoms with van der Waals surface area (Å²) in [6, 6.07) is 17.2. The molecule has 1 aliphatic rings. The van der Waals surface area contributed by atoms with Gasteiger partial charge in [0.15, 0.2) is 0 Å². The monoisotopic (exact) mass is 446 g/mol. The number of nitrogens with one attached hydrogen (secondary N) is 1. The van der Waals surface area contributed by atoms with E-state index in [1.165, 1.54) is 16.8 Å². The number of piperazine rings is 1. The summed E-state index contributed by atoms with van der Waals surface area (Å²) >= 11 is 0. The van der Waals surface area contributed by atoms with Gasteiger partial charge in [-0.2, -0.15) is 0 Å². The Labute approximate surface area is 198 Å². The Hall–Kier alpha value is -2.63. The highest BCUT2D eigenvalue weighted by Crippen LogP contribution is 2.25. The van der Waals surface area contributed by atoms with Crippen molar-refractivity contribution < 1.29 is 4.42 Å². The first-order valence-electron chi connectivity index (χ1n) is 12.4. The molecule has 1 saturated heterocycles. The van der Waals surface area contributed by atoms with Crippen LogP contribution in [-0.4, -0.2) is 49.2 Å². The zero-order valence-electron chi connectivity index (χ0n) is 20.4. The highest BCUT2D eigenvalue weighted by molar-refractivity contribution is 5.61. The summed E-state index contributed by atoms with van der Waals surface area (Å²) in [5.74, 6) is 1.79. The molecule has 0 amide bonds. The molecule has 0 aliphatic carbocycles. The molecule has 0 atom stereocenters. The Kier molecular flexibility index (Phi) is 8.19. The number of aromatic nitrogens is 1. The molecule has 1 N–H and O–H groups in total. The van der Waals surface area contributed by atoms with E-state index in [2.05, 4.69) is 78.4 Å². The van der Waals surface area contributed by atoms with Gasteiger partial charge < -0.3 is 14.6 Å². The Balaban J connectivity index is 1.19. The molecule has 1 aromatic heterocycles. The highest BCUT2D eigenvalue weighted by Gasteiger charge is 2.17. The van der Waals surface area contributed by atoms with Gasteiger partial charge in [0, 0.05) is 43.9 Å². The molecule has 0 spiro atoms. The number of nitrogens with zero attached hydrogens (tertiary/aromatic N) is 3. The van der Waals surface area contributed by atoms with E-state index in [9.17, 15) is 0 Å². The lowest BCUT2D eigenvalue weighted by atomic mass is 10.1. The van der Waals surface area contributed by atoms with Crippen LogP contribution in [0.25, 0.3) is 11.3 Å². The summed E-state index contributed by atoms with van der Waals surface area (Å²) in [6.45, 7) is 13.8. The minimum absolute atomic E-state index is 0.685. The summed E-state index contributed by atoms with van der Waals surface area (Å²) in [6.07, 6.45) is 3.11. The van der Waals surface area contributed by atoms with Crippen LogP contribution in [0, 0.1) is 13.8 Å². The molecule has 2 aromatic carbocycles. The second kappa shape index (κ2) is 11.5. The zero-order chi connectivity index (χ0) is 23.0. The summed E-state index contributed by atoms with van der Waals surface area (Å²) in [7, 11) is 0. The predicted octanol–water partition coefficient (Wildman–Crippen LogP) is 5.21. The lowest BCUT2D eigenvalue weighted by molar-refractivity contribution is 0.253. The van der Waals surface area contributed by atoms with Crippen molar-refractivity contribution in [3.63, 3.8) is 0 Å². The van der Waals surface area contributed by atoms with Gasteiger partial charge in [0.2, 0.25) is 5.89 Å². The van der Waals surface area contributed by atoms with Crippen LogP contribution in [0.2, 0.25) is 0 Å². The van der Waals surface area contributed by atoms with Gasteiger partial charge in [-0.05, 0) is 63.0 Å². The minimum Gasteiger partial charge on any atom is -0.444 e. The largest absolute Gasteiger partial charge is 0.444 e. The first-order valence-corrected chi connectivity index (χ1v) is 12.4. The molecule has 2 heterocycles. The van der Waals surface area contributed by atoms with Crippen molar-refractivity contribution in [2.75, 3.05) is 44.2 Å². The maximum Gasteiger partial charge on any atom is 0.208 e. The summed E-state index contributed by atoms with van der Waals surface area (Å²) in [5.41, 5.74) is 6.24. The van der Waals surface area contributed by atoms with E-state index in [0.717, 1.165) is 81.4 Å². The number of anilines is 1. The fourth-order valence-corrected chi connectivity index (χ4v) is 4.47. The van der Waals surface area contributed by atoms with E-state index in [4.69, 9.17) is 9.40 Å². The Morgan fingerprint density at radius 1 is 0.970 bits per heavy atom. The van der Waals surface area contributed by atoms with Crippen LogP contribution in [0.1, 0.15) is 42.5 Å².